The molecule has 1 fully saturated rings. The van der Waals surface area contributed by atoms with Crippen molar-refractivity contribution in [3.05, 3.63) is 89.7 Å². The van der Waals surface area contributed by atoms with Crippen LogP contribution in [0.25, 0.3) is 21.9 Å². The van der Waals surface area contributed by atoms with Crippen molar-refractivity contribution in [2.45, 2.75) is 25.4 Å². The summed E-state index contributed by atoms with van der Waals surface area (Å²) in [5.74, 6) is 0.461. The van der Waals surface area contributed by atoms with Crippen LogP contribution in [0.3, 0.4) is 0 Å². The minimum absolute atomic E-state index is 0.230. The summed E-state index contributed by atoms with van der Waals surface area (Å²) in [5.41, 5.74) is 5.02. The molecule has 4 aromatic rings. The Bertz CT molecular complexity index is 1360. The summed E-state index contributed by atoms with van der Waals surface area (Å²) in [6, 6.07) is 22.5. The van der Waals surface area contributed by atoms with Crippen LogP contribution in [0.1, 0.15) is 36.5 Å². The lowest BCUT2D eigenvalue weighted by atomic mass is 9.86. The van der Waals surface area contributed by atoms with Crippen molar-refractivity contribution < 1.29 is 14.2 Å². The van der Waals surface area contributed by atoms with Gasteiger partial charge in [-0.2, -0.15) is 0 Å². The van der Waals surface area contributed by atoms with Gasteiger partial charge in [0.15, 0.2) is 6.10 Å². The maximum absolute atomic E-state index is 14.1. The first-order valence-corrected chi connectivity index (χ1v) is 12.4. The molecule has 2 aliphatic heterocycles. The summed E-state index contributed by atoms with van der Waals surface area (Å²) in [6.45, 7) is 4.38. The Morgan fingerprint density at radius 2 is 1.69 bits per heavy atom. The standard InChI is InChI=1S/C30H29FN2O2/c31-22-7-12-26-27-11-6-21-18-24(34)10-13-25(21)29(27)30(35-28(26)19-22)20-4-8-23(9-5-20)32-14-17-33-15-2-1-3-16-33/h4-13,18-19,30,32,34H,1-3,14-17H2. The number of piperidine rings is 1. The number of likely N-dealkylation sites (tertiary alicyclic amines) is 1. The van der Waals surface area contributed by atoms with Gasteiger partial charge in [0.2, 0.25) is 0 Å². The Morgan fingerprint density at radius 1 is 0.886 bits per heavy atom. The second kappa shape index (κ2) is 9.23. The molecule has 2 aliphatic rings. The molecule has 1 atom stereocenters. The fourth-order valence-electron chi connectivity index (χ4n) is 5.41. The van der Waals surface area contributed by atoms with Crippen molar-refractivity contribution in [2.75, 3.05) is 31.5 Å². The van der Waals surface area contributed by atoms with Gasteiger partial charge in [0.25, 0.3) is 0 Å². The van der Waals surface area contributed by atoms with Gasteiger partial charge in [0.05, 0.1) is 0 Å². The maximum Gasteiger partial charge on any atom is 0.150 e. The fraction of sp³-hybridized carbons (Fsp3) is 0.267. The number of benzene rings is 4. The number of nitrogens with zero attached hydrogens (tertiary/aromatic N) is 1. The second-order valence-corrected chi connectivity index (χ2v) is 9.52. The Morgan fingerprint density at radius 3 is 2.51 bits per heavy atom. The summed E-state index contributed by atoms with van der Waals surface area (Å²) >= 11 is 0. The van der Waals surface area contributed by atoms with Gasteiger partial charge in [-0.05, 0) is 84.2 Å². The number of aromatic hydroxyl groups is 1. The molecular weight excluding hydrogens is 439 g/mol. The highest BCUT2D eigenvalue weighted by atomic mass is 19.1. The first-order chi connectivity index (χ1) is 17.2. The normalized spacial score (nSPS) is 17.5. The molecule has 0 saturated carbocycles. The fourth-order valence-corrected chi connectivity index (χ4v) is 5.41. The lowest BCUT2D eigenvalue weighted by Gasteiger charge is -2.30. The molecule has 4 nitrogen and oxygen atoms in total. The molecule has 0 aromatic heterocycles. The molecule has 0 amide bonds. The average Bonchev–Trinajstić information content (AvgIpc) is 2.88. The second-order valence-electron chi connectivity index (χ2n) is 9.52. The number of nitrogens with one attached hydrogen (secondary N) is 1. The van der Waals surface area contributed by atoms with Crippen molar-refractivity contribution in [1.29, 1.82) is 0 Å². The van der Waals surface area contributed by atoms with E-state index in [0.717, 1.165) is 51.8 Å². The molecule has 0 bridgehead atoms. The monoisotopic (exact) mass is 468 g/mol. The van der Waals surface area contributed by atoms with Crippen molar-refractivity contribution in [3.63, 3.8) is 0 Å². The van der Waals surface area contributed by atoms with E-state index < -0.39 is 0 Å². The van der Waals surface area contributed by atoms with Gasteiger partial charge >= 0.3 is 0 Å². The Kier molecular flexibility index (Phi) is 5.78. The number of phenols is 1. The van der Waals surface area contributed by atoms with Gasteiger partial charge in [-0.25, -0.2) is 4.39 Å². The molecule has 1 saturated heterocycles. The number of hydrogen-bond acceptors (Lipinski definition) is 4. The first-order valence-electron chi connectivity index (χ1n) is 12.4. The van der Waals surface area contributed by atoms with Crippen LogP contribution in [0, 0.1) is 5.82 Å². The number of fused-ring (bicyclic) bond motifs is 5. The number of hydrogen-bond donors (Lipinski definition) is 2. The molecule has 4 aromatic carbocycles. The molecule has 0 spiro atoms. The molecule has 1 unspecified atom stereocenters. The number of phenolic OH excluding ortho intramolecular Hbond substituents is 1. The Balaban J connectivity index is 1.31. The number of rotatable bonds is 5. The van der Waals surface area contributed by atoms with Crippen LogP contribution in [0.4, 0.5) is 10.1 Å². The summed E-state index contributed by atoms with van der Waals surface area (Å²) in [4.78, 5) is 2.52. The molecule has 6 rings (SSSR count). The largest absolute Gasteiger partial charge is 0.508 e. The van der Waals surface area contributed by atoms with Crippen LogP contribution < -0.4 is 10.1 Å². The SMILES string of the molecule is Oc1ccc2c3c(ccc2c1)-c1ccc(F)cc1OC3c1ccc(NCCN2CCCCC2)cc1. The van der Waals surface area contributed by atoms with E-state index in [1.807, 2.05) is 18.2 Å². The molecule has 0 radical (unpaired) electrons. The van der Waals surface area contributed by atoms with E-state index in [4.69, 9.17) is 4.74 Å². The zero-order valence-corrected chi connectivity index (χ0v) is 19.6. The topological polar surface area (TPSA) is 44.7 Å². The minimum atomic E-state index is -0.380. The molecule has 2 heterocycles. The van der Waals surface area contributed by atoms with E-state index in [1.54, 1.807) is 18.2 Å². The maximum atomic E-state index is 14.1. The first kappa shape index (κ1) is 21.9. The van der Waals surface area contributed by atoms with Crippen molar-refractivity contribution in [3.8, 4) is 22.6 Å². The third-order valence-corrected chi connectivity index (χ3v) is 7.21. The summed E-state index contributed by atoms with van der Waals surface area (Å²) in [6.07, 6.45) is 3.58. The van der Waals surface area contributed by atoms with Crippen LogP contribution in [0.2, 0.25) is 0 Å². The van der Waals surface area contributed by atoms with E-state index in [1.165, 1.54) is 44.5 Å². The smallest absolute Gasteiger partial charge is 0.150 e. The molecule has 5 heteroatoms. The number of halogens is 1. The van der Waals surface area contributed by atoms with Crippen LogP contribution in [0.5, 0.6) is 11.5 Å². The molecule has 178 valence electrons. The van der Waals surface area contributed by atoms with E-state index in [9.17, 15) is 9.50 Å². The predicted octanol–water partition coefficient (Wildman–Crippen LogP) is 6.73. The van der Waals surface area contributed by atoms with Gasteiger partial charge in [0, 0.05) is 36.0 Å². The van der Waals surface area contributed by atoms with Gasteiger partial charge in [0.1, 0.15) is 17.3 Å². The van der Waals surface area contributed by atoms with Crippen LogP contribution >= 0.6 is 0 Å². The number of anilines is 1. The lowest BCUT2D eigenvalue weighted by Crippen LogP contribution is -2.33. The highest BCUT2D eigenvalue weighted by Crippen LogP contribution is 2.48. The third kappa shape index (κ3) is 4.32. The van der Waals surface area contributed by atoms with E-state index in [2.05, 4.69) is 34.5 Å². The lowest BCUT2D eigenvalue weighted by molar-refractivity contribution is 0.237. The zero-order valence-electron chi connectivity index (χ0n) is 19.6. The summed E-state index contributed by atoms with van der Waals surface area (Å²) < 4.78 is 20.5. The highest BCUT2D eigenvalue weighted by molar-refractivity contribution is 5.95. The van der Waals surface area contributed by atoms with Gasteiger partial charge in [-0.1, -0.05) is 36.8 Å². The van der Waals surface area contributed by atoms with Crippen LogP contribution in [-0.4, -0.2) is 36.2 Å². The minimum Gasteiger partial charge on any atom is -0.508 e. The molecule has 35 heavy (non-hydrogen) atoms. The molecular formula is C30H29FN2O2. The van der Waals surface area contributed by atoms with Crippen molar-refractivity contribution in [1.82, 2.24) is 4.90 Å². The van der Waals surface area contributed by atoms with E-state index >= 15 is 0 Å². The van der Waals surface area contributed by atoms with Crippen molar-refractivity contribution >= 4 is 16.5 Å². The molecule has 2 N–H and O–H groups in total. The van der Waals surface area contributed by atoms with Crippen LogP contribution in [-0.2, 0) is 0 Å². The van der Waals surface area contributed by atoms with Gasteiger partial charge in [-0.3, -0.25) is 0 Å². The highest BCUT2D eigenvalue weighted by Gasteiger charge is 2.29. The predicted molar refractivity (Wildman–Crippen MR) is 139 cm³/mol. The van der Waals surface area contributed by atoms with E-state index in [-0.39, 0.29) is 17.7 Å². The van der Waals surface area contributed by atoms with Crippen molar-refractivity contribution in [2.24, 2.45) is 0 Å². The van der Waals surface area contributed by atoms with Crippen LogP contribution in [0.15, 0.2) is 72.8 Å². The Hall–Kier alpha value is -3.57. The molecule has 0 aliphatic carbocycles. The number of ether oxygens (including phenoxy) is 1. The van der Waals surface area contributed by atoms with Gasteiger partial charge in [-0.15, -0.1) is 0 Å². The summed E-state index contributed by atoms with van der Waals surface area (Å²) in [5, 5.41) is 15.5. The average molecular weight is 469 g/mol. The summed E-state index contributed by atoms with van der Waals surface area (Å²) in [7, 11) is 0. The van der Waals surface area contributed by atoms with Gasteiger partial charge < -0.3 is 20.1 Å². The third-order valence-electron chi connectivity index (χ3n) is 7.21. The zero-order chi connectivity index (χ0) is 23.8. The quantitative estimate of drug-likeness (QED) is 0.341. The van der Waals surface area contributed by atoms with E-state index in [0.29, 0.717) is 5.75 Å². The Labute approximate surface area is 205 Å².